The molecule has 2 aliphatic rings. The maximum absolute atomic E-state index is 14.2. The predicted molar refractivity (Wildman–Crippen MR) is 165 cm³/mol. The number of hydrogen-bond acceptors (Lipinski definition) is 6. The minimum absolute atomic E-state index is 0.0564. The van der Waals surface area contributed by atoms with Crippen LogP contribution in [0.2, 0.25) is 0 Å². The third-order valence-corrected chi connectivity index (χ3v) is 8.80. The van der Waals surface area contributed by atoms with E-state index in [4.69, 9.17) is 9.47 Å². The number of ether oxygens (including phenoxy) is 2. The van der Waals surface area contributed by atoms with Crippen LogP contribution >= 0.6 is 0 Å². The average molecular weight is 642 g/mol. The number of nitrogens with one attached hydrogen (secondary N) is 1. The summed E-state index contributed by atoms with van der Waals surface area (Å²) in [5.74, 6) is -1.14. The number of anilines is 1. The van der Waals surface area contributed by atoms with Crippen molar-refractivity contribution in [1.29, 1.82) is 0 Å². The molecule has 1 aromatic carbocycles. The molecule has 3 rings (SSSR count). The molecule has 0 aromatic heterocycles. The summed E-state index contributed by atoms with van der Waals surface area (Å²) in [6.45, 7) is 5.75. The fourth-order valence-corrected chi connectivity index (χ4v) is 5.88. The van der Waals surface area contributed by atoms with Crippen LogP contribution in [0.4, 0.5) is 18.9 Å². The second kappa shape index (κ2) is 17.2. The summed E-state index contributed by atoms with van der Waals surface area (Å²) in [5.41, 5.74) is 0.740. The number of halogens is 3. The summed E-state index contributed by atoms with van der Waals surface area (Å²) in [6, 6.07) is 4.47. The zero-order valence-electron chi connectivity index (χ0n) is 27.0. The van der Waals surface area contributed by atoms with Crippen molar-refractivity contribution in [3.05, 3.63) is 23.8 Å². The first kappa shape index (κ1) is 36.6. The van der Waals surface area contributed by atoms with Crippen LogP contribution < -0.4 is 10.1 Å². The molecule has 3 amide bonds. The average Bonchev–Trinajstić information content (AvgIpc) is 3.01. The highest BCUT2D eigenvalue weighted by molar-refractivity contribution is 6.00. The van der Waals surface area contributed by atoms with E-state index >= 15 is 0 Å². The van der Waals surface area contributed by atoms with Gasteiger partial charge in [0.15, 0.2) is 0 Å². The van der Waals surface area contributed by atoms with Crippen LogP contribution in [0, 0.1) is 11.8 Å². The molecule has 0 unspecified atom stereocenters. The van der Waals surface area contributed by atoms with Gasteiger partial charge in [0.05, 0.1) is 36.8 Å². The molecule has 1 heterocycles. The molecular formula is C33H50F3N3O6. The van der Waals surface area contributed by atoms with Crippen molar-refractivity contribution in [2.45, 2.75) is 109 Å². The molecule has 12 heteroatoms. The number of nitrogens with zero attached hydrogens (tertiary/aromatic N) is 2. The van der Waals surface area contributed by atoms with Gasteiger partial charge < -0.3 is 29.7 Å². The maximum atomic E-state index is 14.2. The first-order chi connectivity index (χ1) is 21.3. The van der Waals surface area contributed by atoms with E-state index in [-0.39, 0.29) is 49.1 Å². The monoisotopic (exact) mass is 641 g/mol. The van der Waals surface area contributed by atoms with Crippen LogP contribution in [0.1, 0.15) is 95.3 Å². The lowest BCUT2D eigenvalue weighted by molar-refractivity contribution is -0.149. The van der Waals surface area contributed by atoms with E-state index in [1.807, 2.05) is 13.8 Å². The van der Waals surface area contributed by atoms with Gasteiger partial charge in [-0.2, -0.15) is 13.2 Å². The maximum Gasteiger partial charge on any atom is 0.389 e. The van der Waals surface area contributed by atoms with Crippen molar-refractivity contribution in [2.24, 2.45) is 11.8 Å². The molecule has 45 heavy (non-hydrogen) atoms. The third kappa shape index (κ3) is 11.5. The number of hydrogen-bond donors (Lipinski definition) is 2. The lowest BCUT2D eigenvalue weighted by Crippen LogP contribution is -2.48. The van der Waals surface area contributed by atoms with Gasteiger partial charge in [-0.05, 0) is 64.2 Å². The molecule has 1 aliphatic heterocycles. The Morgan fingerprint density at radius 3 is 2.47 bits per heavy atom. The van der Waals surface area contributed by atoms with Gasteiger partial charge in [0.2, 0.25) is 11.8 Å². The highest BCUT2D eigenvalue weighted by Gasteiger charge is 2.33. The molecular weight excluding hydrogens is 591 g/mol. The summed E-state index contributed by atoms with van der Waals surface area (Å²) in [5, 5.41) is 13.1. The lowest BCUT2D eigenvalue weighted by Gasteiger charge is -2.36. The number of fused-ring (bicyclic) bond motifs is 1. The number of aliphatic hydroxyl groups is 1. The van der Waals surface area contributed by atoms with Gasteiger partial charge >= 0.3 is 6.18 Å². The molecule has 2 N–H and O–H groups in total. The van der Waals surface area contributed by atoms with Crippen molar-refractivity contribution in [2.75, 3.05) is 38.7 Å². The minimum atomic E-state index is -4.43. The van der Waals surface area contributed by atoms with Crippen LogP contribution in [0.25, 0.3) is 0 Å². The molecule has 0 radical (unpaired) electrons. The summed E-state index contributed by atoms with van der Waals surface area (Å²) >= 11 is 0. The van der Waals surface area contributed by atoms with Crippen molar-refractivity contribution in [3.8, 4) is 5.75 Å². The Labute approximate surface area is 264 Å². The van der Waals surface area contributed by atoms with Crippen molar-refractivity contribution in [3.63, 3.8) is 0 Å². The molecule has 4 atom stereocenters. The quantitative estimate of drug-likeness (QED) is 0.372. The van der Waals surface area contributed by atoms with Gasteiger partial charge in [0.25, 0.3) is 5.91 Å². The van der Waals surface area contributed by atoms with E-state index in [1.165, 1.54) is 16.8 Å². The van der Waals surface area contributed by atoms with Crippen LogP contribution in [0.3, 0.4) is 0 Å². The molecule has 0 saturated heterocycles. The molecule has 1 fully saturated rings. The van der Waals surface area contributed by atoms with Gasteiger partial charge in [-0.3, -0.25) is 14.4 Å². The summed E-state index contributed by atoms with van der Waals surface area (Å²) in [6.07, 6.45) is -0.0793. The number of aliphatic hydroxyl groups excluding tert-OH is 1. The molecule has 0 spiro atoms. The number of carbonyl (C=O) groups is 3. The van der Waals surface area contributed by atoms with E-state index in [1.54, 1.807) is 25.1 Å². The Kier molecular flexibility index (Phi) is 14.0. The van der Waals surface area contributed by atoms with Crippen molar-refractivity contribution >= 4 is 23.4 Å². The van der Waals surface area contributed by atoms with E-state index in [9.17, 15) is 32.7 Å². The second-order valence-corrected chi connectivity index (χ2v) is 12.7. The molecule has 254 valence electrons. The number of carbonyl (C=O) groups excluding carboxylic acids is 3. The zero-order chi connectivity index (χ0) is 33.1. The molecule has 1 saturated carbocycles. The smallest absolute Gasteiger partial charge is 0.389 e. The third-order valence-electron chi connectivity index (χ3n) is 8.80. The van der Waals surface area contributed by atoms with E-state index in [0.29, 0.717) is 30.9 Å². The molecule has 9 nitrogen and oxygen atoms in total. The Hall–Kier alpha value is -2.86. The van der Waals surface area contributed by atoms with Gasteiger partial charge in [-0.1, -0.05) is 26.2 Å². The minimum Gasteiger partial charge on any atom is -0.490 e. The fraction of sp³-hybridized carbons (Fsp3) is 0.727. The number of amides is 3. The fourth-order valence-electron chi connectivity index (χ4n) is 5.88. The zero-order valence-corrected chi connectivity index (χ0v) is 27.0. The highest BCUT2D eigenvalue weighted by atomic mass is 19.4. The Bertz CT molecular complexity index is 1130. The number of rotatable bonds is 8. The van der Waals surface area contributed by atoms with Crippen molar-refractivity contribution < 1.29 is 42.1 Å². The van der Waals surface area contributed by atoms with Crippen LogP contribution in [0.15, 0.2) is 18.2 Å². The van der Waals surface area contributed by atoms with Crippen molar-refractivity contribution in [1.82, 2.24) is 9.80 Å². The van der Waals surface area contributed by atoms with E-state index in [2.05, 4.69) is 5.32 Å². The summed E-state index contributed by atoms with van der Waals surface area (Å²) < 4.78 is 50.6. The van der Waals surface area contributed by atoms with Gasteiger partial charge in [-0.25, -0.2) is 0 Å². The molecule has 0 bridgehead atoms. The summed E-state index contributed by atoms with van der Waals surface area (Å²) in [4.78, 5) is 42.5. The number of likely N-dealkylation sites (N-methyl/N-ethyl adjacent to an activating group) is 1. The Morgan fingerprint density at radius 1 is 1.11 bits per heavy atom. The number of alkyl halides is 3. The SMILES string of the molecule is C[C@@H]1CCCCO[C@@H](CN(C)C(=O)CCC(F)(F)F)[C@@H](C)CN([C@@H](C)CO)C(=O)c2cc(NC(=O)C3CCCCC3)ccc2O1. The van der Waals surface area contributed by atoms with Gasteiger partial charge in [0.1, 0.15) is 5.75 Å². The lowest BCUT2D eigenvalue weighted by atomic mass is 9.88. The predicted octanol–water partition coefficient (Wildman–Crippen LogP) is 5.80. The van der Waals surface area contributed by atoms with Crippen LogP contribution in [0.5, 0.6) is 5.75 Å². The first-order valence-corrected chi connectivity index (χ1v) is 16.2. The second-order valence-electron chi connectivity index (χ2n) is 12.7. The van der Waals surface area contributed by atoms with E-state index in [0.717, 1.165) is 38.5 Å². The van der Waals surface area contributed by atoms with Gasteiger partial charge in [-0.15, -0.1) is 0 Å². The molecule has 1 aliphatic carbocycles. The largest absolute Gasteiger partial charge is 0.490 e. The Balaban J connectivity index is 1.88. The highest BCUT2D eigenvalue weighted by Crippen LogP contribution is 2.30. The summed E-state index contributed by atoms with van der Waals surface area (Å²) in [7, 11) is 1.46. The topological polar surface area (TPSA) is 108 Å². The standard InChI is InChI=1S/C33H50F3N3O6/c1-22-19-39(23(2)21-40)32(43)27-18-26(37-31(42)25-11-6-5-7-12-25)13-14-28(27)45-24(3)10-8-9-17-44-29(22)20-38(4)30(41)15-16-33(34,35)36/h13-14,18,22-25,29,40H,5-12,15-17,19-21H2,1-4H3,(H,37,42)/t22-,23-,24+,29-/m0/s1. The number of benzene rings is 1. The Morgan fingerprint density at radius 2 is 1.80 bits per heavy atom. The van der Waals surface area contributed by atoms with Gasteiger partial charge in [0, 0.05) is 50.7 Å². The van der Waals surface area contributed by atoms with Crippen LogP contribution in [-0.4, -0.2) is 90.4 Å². The first-order valence-electron chi connectivity index (χ1n) is 16.2. The van der Waals surface area contributed by atoms with E-state index < -0.39 is 43.0 Å². The molecule has 1 aromatic rings. The van der Waals surface area contributed by atoms with Crippen LogP contribution in [-0.2, 0) is 14.3 Å². The normalized spacial score (nSPS) is 23.3.